The molecule has 0 amide bonds. The van der Waals surface area contributed by atoms with Crippen molar-refractivity contribution in [3.63, 3.8) is 0 Å². The number of aromatic nitrogens is 2. The second-order valence-corrected chi connectivity index (χ2v) is 4.69. The van der Waals surface area contributed by atoms with Crippen molar-refractivity contribution in [3.8, 4) is 5.75 Å². The van der Waals surface area contributed by atoms with Crippen LogP contribution >= 0.6 is 0 Å². The van der Waals surface area contributed by atoms with Crippen LogP contribution in [0.1, 0.15) is 5.82 Å². The summed E-state index contributed by atoms with van der Waals surface area (Å²) in [5.41, 5.74) is 0.0718. The predicted molar refractivity (Wildman–Crippen MR) is 77.5 cm³/mol. The number of aliphatic hydroxyl groups is 2. The highest BCUT2D eigenvalue weighted by Crippen LogP contribution is 2.33. The zero-order valence-corrected chi connectivity index (χ0v) is 12.3. The first-order valence-electron chi connectivity index (χ1n) is 6.80. The maximum absolute atomic E-state index is 13.0. The quantitative estimate of drug-likeness (QED) is 0.834. The van der Waals surface area contributed by atoms with Crippen molar-refractivity contribution in [3.05, 3.63) is 24.0 Å². The molecule has 126 valence electrons. The van der Waals surface area contributed by atoms with Crippen LogP contribution in [0.4, 0.5) is 19.0 Å². The van der Waals surface area contributed by atoms with Crippen molar-refractivity contribution in [1.29, 1.82) is 0 Å². The number of alkyl halides is 3. The maximum Gasteiger partial charge on any atom is 0.451 e. The van der Waals surface area contributed by atoms with Crippen LogP contribution in [-0.2, 0) is 6.18 Å². The van der Waals surface area contributed by atoms with Crippen LogP contribution in [0.2, 0.25) is 0 Å². The molecular formula is C14H16F3N3O3. The molecule has 0 fully saturated rings. The molecule has 0 saturated heterocycles. The molecule has 23 heavy (non-hydrogen) atoms. The summed E-state index contributed by atoms with van der Waals surface area (Å²) in [5.74, 6) is -0.909. The first-order chi connectivity index (χ1) is 10.9. The summed E-state index contributed by atoms with van der Waals surface area (Å²) >= 11 is 0. The van der Waals surface area contributed by atoms with Crippen LogP contribution in [0.25, 0.3) is 10.9 Å². The number of aliphatic hydroxyl groups excluding tert-OH is 2. The van der Waals surface area contributed by atoms with E-state index in [9.17, 15) is 13.2 Å². The van der Waals surface area contributed by atoms with Crippen LogP contribution in [0.3, 0.4) is 0 Å². The van der Waals surface area contributed by atoms with Gasteiger partial charge in [-0.15, -0.1) is 0 Å². The van der Waals surface area contributed by atoms with E-state index in [0.717, 1.165) is 0 Å². The second kappa shape index (κ2) is 6.97. The van der Waals surface area contributed by atoms with Crippen molar-refractivity contribution in [1.82, 2.24) is 9.97 Å². The number of rotatable bonds is 6. The molecule has 1 aromatic heterocycles. The van der Waals surface area contributed by atoms with Crippen molar-refractivity contribution in [2.75, 3.05) is 38.3 Å². The molecule has 0 aliphatic carbocycles. The van der Waals surface area contributed by atoms with Crippen molar-refractivity contribution in [2.24, 2.45) is 0 Å². The number of methoxy groups -OCH3 is 1. The molecule has 0 atom stereocenters. The third-order valence-electron chi connectivity index (χ3n) is 3.18. The number of benzene rings is 1. The maximum atomic E-state index is 13.0. The number of ether oxygens (including phenoxy) is 1. The zero-order chi connectivity index (χ0) is 17.0. The summed E-state index contributed by atoms with van der Waals surface area (Å²) in [5, 5.41) is 18.6. The first kappa shape index (κ1) is 17.2. The molecule has 6 nitrogen and oxygen atoms in total. The van der Waals surface area contributed by atoms with Gasteiger partial charge in [0.15, 0.2) is 0 Å². The van der Waals surface area contributed by atoms with Gasteiger partial charge in [0.25, 0.3) is 0 Å². The summed E-state index contributed by atoms with van der Waals surface area (Å²) in [7, 11) is 1.40. The minimum atomic E-state index is -4.71. The standard InChI is InChI=1S/C14H16F3N3O3/c1-23-9-2-3-10-11(8-9)18-13(14(15,16)17)19-12(10)20(4-6-21)5-7-22/h2-3,8,21-22H,4-7H2,1H3. The number of anilines is 1. The van der Waals surface area contributed by atoms with E-state index in [1.807, 2.05) is 0 Å². The second-order valence-electron chi connectivity index (χ2n) is 4.69. The minimum absolute atomic E-state index is 0.00748. The van der Waals surface area contributed by atoms with Gasteiger partial charge in [0, 0.05) is 24.5 Å². The highest BCUT2D eigenvalue weighted by Gasteiger charge is 2.36. The lowest BCUT2D eigenvalue weighted by Crippen LogP contribution is -2.31. The lowest BCUT2D eigenvalue weighted by Gasteiger charge is -2.24. The molecule has 1 aromatic carbocycles. The van der Waals surface area contributed by atoms with E-state index in [1.54, 1.807) is 12.1 Å². The summed E-state index contributed by atoms with van der Waals surface area (Å²) < 4.78 is 44.1. The van der Waals surface area contributed by atoms with Crippen LogP contribution < -0.4 is 9.64 Å². The van der Waals surface area contributed by atoms with Gasteiger partial charge in [-0.1, -0.05) is 0 Å². The average Bonchev–Trinajstić information content (AvgIpc) is 2.52. The summed E-state index contributed by atoms with van der Waals surface area (Å²) in [6.07, 6.45) is -4.71. The highest BCUT2D eigenvalue weighted by molar-refractivity contribution is 5.90. The van der Waals surface area contributed by atoms with E-state index in [2.05, 4.69) is 9.97 Å². The van der Waals surface area contributed by atoms with E-state index < -0.39 is 12.0 Å². The van der Waals surface area contributed by atoms with Crippen molar-refractivity contribution >= 4 is 16.7 Å². The van der Waals surface area contributed by atoms with Gasteiger partial charge in [-0.05, 0) is 12.1 Å². The zero-order valence-electron chi connectivity index (χ0n) is 12.3. The van der Waals surface area contributed by atoms with E-state index in [4.69, 9.17) is 14.9 Å². The van der Waals surface area contributed by atoms with Crippen molar-refractivity contribution in [2.45, 2.75) is 6.18 Å². The Bertz CT molecular complexity index is 673. The molecule has 0 bridgehead atoms. The molecule has 2 N–H and O–H groups in total. The van der Waals surface area contributed by atoms with E-state index in [-0.39, 0.29) is 37.6 Å². The van der Waals surface area contributed by atoms with Gasteiger partial charge in [0.1, 0.15) is 11.6 Å². The number of halogens is 3. The predicted octanol–water partition coefficient (Wildman–Crippen LogP) is 1.45. The van der Waals surface area contributed by atoms with Gasteiger partial charge < -0.3 is 19.8 Å². The van der Waals surface area contributed by atoms with Gasteiger partial charge in [-0.25, -0.2) is 9.97 Å². The third kappa shape index (κ3) is 3.80. The Morgan fingerprint density at radius 1 is 1.13 bits per heavy atom. The Morgan fingerprint density at radius 2 is 1.78 bits per heavy atom. The monoisotopic (exact) mass is 331 g/mol. The molecule has 0 spiro atoms. The van der Waals surface area contributed by atoms with Crippen LogP contribution in [0, 0.1) is 0 Å². The van der Waals surface area contributed by atoms with Crippen molar-refractivity contribution < 1.29 is 28.1 Å². The summed E-state index contributed by atoms with van der Waals surface area (Å²) in [6, 6.07) is 4.51. The number of nitrogens with zero attached hydrogens (tertiary/aromatic N) is 3. The molecule has 0 radical (unpaired) electrons. The Labute approximate surface area is 130 Å². The molecule has 2 rings (SSSR count). The molecule has 9 heteroatoms. The first-order valence-corrected chi connectivity index (χ1v) is 6.80. The minimum Gasteiger partial charge on any atom is -0.497 e. The van der Waals surface area contributed by atoms with Crippen LogP contribution in [0.15, 0.2) is 18.2 Å². The van der Waals surface area contributed by atoms with Crippen LogP contribution in [0.5, 0.6) is 5.75 Å². The van der Waals surface area contributed by atoms with E-state index >= 15 is 0 Å². The smallest absolute Gasteiger partial charge is 0.451 e. The molecule has 0 unspecified atom stereocenters. The molecule has 2 aromatic rings. The Morgan fingerprint density at radius 3 is 2.30 bits per heavy atom. The number of hydrogen-bond donors (Lipinski definition) is 2. The molecule has 1 heterocycles. The largest absolute Gasteiger partial charge is 0.497 e. The SMILES string of the molecule is COc1ccc2c(N(CCO)CCO)nc(C(F)(F)F)nc2c1. The van der Waals surface area contributed by atoms with Gasteiger partial charge in [-0.2, -0.15) is 13.2 Å². The van der Waals surface area contributed by atoms with Gasteiger partial charge in [0.05, 0.1) is 25.8 Å². The highest BCUT2D eigenvalue weighted by atomic mass is 19.4. The molecular weight excluding hydrogens is 315 g/mol. The van der Waals surface area contributed by atoms with E-state index in [0.29, 0.717) is 11.1 Å². The molecule has 0 aliphatic rings. The molecule has 0 aliphatic heterocycles. The fraction of sp³-hybridized carbons (Fsp3) is 0.429. The summed E-state index contributed by atoms with van der Waals surface area (Å²) in [4.78, 5) is 8.52. The van der Waals surface area contributed by atoms with E-state index in [1.165, 1.54) is 18.1 Å². The summed E-state index contributed by atoms with van der Waals surface area (Å²) in [6.45, 7) is -0.502. The normalized spacial score (nSPS) is 11.7. The number of fused-ring (bicyclic) bond motifs is 1. The lowest BCUT2D eigenvalue weighted by molar-refractivity contribution is -0.144. The van der Waals surface area contributed by atoms with Gasteiger partial charge in [0.2, 0.25) is 5.82 Å². The van der Waals surface area contributed by atoms with Gasteiger partial charge >= 0.3 is 6.18 Å². The third-order valence-corrected chi connectivity index (χ3v) is 3.18. The average molecular weight is 331 g/mol. The number of hydrogen-bond acceptors (Lipinski definition) is 6. The fourth-order valence-corrected chi connectivity index (χ4v) is 2.15. The Kier molecular flexibility index (Phi) is 5.22. The fourth-order valence-electron chi connectivity index (χ4n) is 2.15. The topological polar surface area (TPSA) is 78.7 Å². The van der Waals surface area contributed by atoms with Crippen LogP contribution in [-0.4, -0.2) is 53.6 Å². The Balaban J connectivity index is 2.68. The Hall–Kier alpha value is -2.13. The van der Waals surface area contributed by atoms with Gasteiger partial charge in [-0.3, -0.25) is 0 Å². The molecule has 0 saturated carbocycles. The lowest BCUT2D eigenvalue weighted by atomic mass is 10.2.